The molecule has 152 valence electrons. The Morgan fingerprint density at radius 1 is 1.03 bits per heavy atom. The average Bonchev–Trinajstić information content (AvgIpc) is 2.98. The van der Waals surface area contributed by atoms with E-state index in [-0.39, 0.29) is 18.9 Å². The van der Waals surface area contributed by atoms with Crippen molar-refractivity contribution < 1.29 is 23.8 Å². The standard InChI is InChI=1S/C21H22FN3O4/c22-17-6-3-7-18(19(17)24-8-10-29-11-9-24)23-12-14(26)13-25-20(27)15-4-1-2-5-16(15)21(25)28/h1-7,14,23,26H,8-13H2/t14-/m1/s1. The fourth-order valence-corrected chi connectivity index (χ4v) is 3.67. The Morgan fingerprint density at radius 3 is 2.34 bits per heavy atom. The summed E-state index contributed by atoms with van der Waals surface area (Å²) in [5, 5.41) is 13.5. The van der Waals surface area contributed by atoms with Gasteiger partial charge in [-0.3, -0.25) is 14.5 Å². The maximum Gasteiger partial charge on any atom is 0.261 e. The van der Waals surface area contributed by atoms with Gasteiger partial charge in [-0.05, 0) is 24.3 Å². The third-order valence-electron chi connectivity index (χ3n) is 5.11. The van der Waals surface area contributed by atoms with E-state index in [4.69, 9.17) is 4.74 Å². The molecular formula is C21H22FN3O4. The van der Waals surface area contributed by atoms with Crippen LogP contribution in [0.2, 0.25) is 0 Å². The van der Waals surface area contributed by atoms with Crippen molar-refractivity contribution in [1.82, 2.24) is 4.90 Å². The second-order valence-electron chi connectivity index (χ2n) is 7.04. The van der Waals surface area contributed by atoms with Gasteiger partial charge in [-0.2, -0.15) is 0 Å². The molecule has 0 spiro atoms. The lowest BCUT2D eigenvalue weighted by atomic mass is 10.1. The van der Waals surface area contributed by atoms with Crippen molar-refractivity contribution >= 4 is 23.2 Å². The highest BCUT2D eigenvalue weighted by atomic mass is 19.1. The van der Waals surface area contributed by atoms with Gasteiger partial charge in [0, 0.05) is 19.6 Å². The second-order valence-corrected chi connectivity index (χ2v) is 7.04. The highest BCUT2D eigenvalue weighted by Gasteiger charge is 2.36. The zero-order valence-electron chi connectivity index (χ0n) is 15.8. The minimum Gasteiger partial charge on any atom is -0.389 e. The van der Waals surface area contributed by atoms with Crippen LogP contribution in [0, 0.1) is 5.82 Å². The van der Waals surface area contributed by atoms with Gasteiger partial charge in [0.25, 0.3) is 11.8 Å². The number of carbonyl (C=O) groups excluding carboxylic acids is 2. The van der Waals surface area contributed by atoms with E-state index >= 15 is 0 Å². The Hall–Kier alpha value is -2.97. The van der Waals surface area contributed by atoms with Crippen LogP contribution in [0.25, 0.3) is 0 Å². The van der Waals surface area contributed by atoms with Gasteiger partial charge in [0.1, 0.15) is 5.82 Å². The van der Waals surface area contributed by atoms with E-state index in [1.165, 1.54) is 6.07 Å². The minimum atomic E-state index is -1.00. The Labute approximate surface area is 167 Å². The Morgan fingerprint density at radius 2 is 1.69 bits per heavy atom. The fraction of sp³-hybridized carbons (Fsp3) is 0.333. The van der Waals surface area contributed by atoms with E-state index < -0.39 is 17.9 Å². The first kappa shape index (κ1) is 19.4. The van der Waals surface area contributed by atoms with Crippen molar-refractivity contribution in [2.75, 3.05) is 49.6 Å². The van der Waals surface area contributed by atoms with Crippen molar-refractivity contribution in [2.45, 2.75) is 6.10 Å². The molecule has 1 atom stereocenters. The highest BCUT2D eigenvalue weighted by molar-refractivity contribution is 6.21. The molecule has 2 aromatic carbocycles. The van der Waals surface area contributed by atoms with Gasteiger partial charge in [-0.1, -0.05) is 18.2 Å². The summed E-state index contributed by atoms with van der Waals surface area (Å²) in [4.78, 5) is 27.8. The number of hydrogen-bond donors (Lipinski definition) is 2. The number of aliphatic hydroxyl groups is 1. The van der Waals surface area contributed by atoms with Crippen molar-refractivity contribution in [1.29, 1.82) is 0 Å². The number of para-hydroxylation sites is 1. The number of nitrogens with zero attached hydrogens (tertiary/aromatic N) is 2. The number of nitrogens with one attached hydrogen (secondary N) is 1. The summed E-state index contributed by atoms with van der Waals surface area (Å²) < 4.78 is 19.8. The van der Waals surface area contributed by atoms with Crippen LogP contribution in [0.3, 0.4) is 0 Å². The SMILES string of the molecule is O=C1c2ccccc2C(=O)N1C[C@H](O)CNc1cccc(F)c1N1CCOCC1. The van der Waals surface area contributed by atoms with Crippen molar-refractivity contribution in [3.63, 3.8) is 0 Å². The van der Waals surface area contributed by atoms with Crippen LogP contribution in [0.4, 0.5) is 15.8 Å². The van der Waals surface area contributed by atoms with Gasteiger partial charge < -0.3 is 20.1 Å². The summed E-state index contributed by atoms with van der Waals surface area (Å²) in [7, 11) is 0. The lowest BCUT2D eigenvalue weighted by Gasteiger charge is -2.31. The molecule has 2 aliphatic heterocycles. The topological polar surface area (TPSA) is 82.1 Å². The van der Waals surface area contributed by atoms with Gasteiger partial charge in [0.2, 0.25) is 0 Å². The minimum absolute atomic E-state index is 0.0637. The molecule has 1 fully saturated rings. The van der Waals surface area contributed by atoms with Crippen LogP contribution in [-0.2, 0) is 4.74 Å². The third-order valence-corrected chi connectivity index (χ3v) is 5.11. The molecule has 2 amide bonds. The monoisotopic (exact) mass is 399 g/mol. The number of benzene rings is 2. The van der Waals surface area contributed by atoms with Gasteiger partial charge >= 0.3 is 0 Å². The highest BCUT2D eigenvalue weighted by Crippen LogP contribution is 2.30. The van der Waals surface area contributed by atoms with Crippen LogP contribution >= 0.6 is 0 Å². The summed E-state index contributed by atoms with van der Waals surface area (Å²) in [6.45, 7) is 2.13. The van der Waals surface area contributed by atoms with Crippen LogP contribution in [-0.4, -0.2) is 67.3 Å². The molecule has 2 aromatic rings. The van der Waals surface area contributed by atoms with E-state index in [2.05, 4.69) is 5.32 Å². The number of fused-ring (bicyclic) bond motifs is 1. The van der Waals surface area contributed by atoms with Crippen LogP contribution in [0.15, 0.2) is 42.5 Å². The zero-order valence-corrected chi connectivity index (χ0v) is 15.8. The molecule has 0 aliphatic carbocycles. The number of imide groups is 1. The number of β-amino-alcohol motifs (C(OH)–C–C–N with tert-alkyl or cyclic N) is 1. The molecule has 0 unspecified atom stereocenters. The summed E-state index contributed by atoms with van der Waals surface area (Å²) >= 11 is 0. The Balaban J connectivity index is 1.42. The van der Waals surface area contributed by atoms with Crippen LogP contribution < -0.4 is 10.2 Å². The molecule has 1 saturated heterocycles. The molecular weight excluding hydrogens is 377 g/mol. The van der Waals surface area contributed by atoms with E-state index in [1.54, 1.807) is 36.4 Å². The lowest BCUT2D eigenvalue weighted by molar-refractivity contribution is 0.0558. The largest absolute Gasteiger partial charge is 0.389 e. The number of morpholine rings is 1. The van der Waals surface area contributed by atoms with Crippen molar-refractivity contribution in [3.05, 3.63) is 59.4 Å². The average molecular weight is 399 g/mol. The molecule has 8 heteroatoms. The smallest absolute Gasteiger partial charge is 0.261 e. The van der Waals surface area contributed by atoms with Gasteiger partial charge in [-0.15, -0.1) is 0 Å². The first-order chi connectivity index (χ1) is 14.1. The number of hydrogen-bond acceptors (Lipinski definition) is 6. The van der Waals surface area contributed by atoms with Crippen LogP contribution in [0.1, 0.15) is 20.7 Å². The van der Waals surface area contributed by atoms with Crippen molar-refractivity contribution in [3.8, 4) is 0 Å². The lowest BCUT2D eigenvalue weighted by Crippen LogP contribution is -2.40. The number of halogens is 1. The van der Waals surface area contributed by atoms with E-state index in [9.17, 15) is 19.1 Å². The molecule has 7 nitrogen and oxygen atoms in total. The molecule has 2 aliphatic rings. The summed E-state index contributed by atoms with van der Waals surface area (Å²) in [5.74, 6) is -1.18. The second kappa shape index (κ2) is 8.18. The number of ether oxygens (including phenoxy) is 1. The zero-order chi connectivity index (χ0) is 20.4. The summed E-state index contributed by atoms with van der Waals surface area (Å²) in [5.41, 5.74) is 1.67. The molecule has 4 rings (SSSR count). The molecule has 0 aromatic heterocycles. The third kappa shape index (κ3) is 3.81. The number of aliphatic hydroxyl groups excluding tert-OH is 1. The first-order valence-electron chi connectivity index (χ1n) is 9.54. The molecule has 0 bridgehead atoms. The predicted octanol–water partition coefficient (Wildman–Crippen LogP) is 1.73. The van der Waals surface area contributed by atoms with Crippen molar-refractivity contribution in [2.24, 2.45) is 0 Å². The maximum atomic E-state index is 14.5. The van der Waals surface area contributed by atoms with Gasteiger partial charge in [-0.25, -0.2) is 4.39 Å². The molecule has 0 saturated carbocycles. The number of carbonyl (C=O) groups is 2. The predicted molar refractivity (Wildman–Crippen MR) is 106 cm³/mol. The number of amides is 2. The quantitative estimate of drug-likeness (QED) is 0.720. The molecule has 2 heterocycles. The summed E-state index contributed by atoms with van der Waals surface area (Å²) in [6.07, 6.45) is -1.00. The molecule has 2 N–H and O–H groups in total. The van der Waals surface area contributed by atoms with E-state index in [0.29, 0.717) is 48.8 Å². The number of anilines is 2. The summed E-state index contributed by atoms with van der Waals surface area (Å²) in [6, 6.07) is 11.3. The molecule has 0 radical (unpaired) electrons. The van der Waals surface area contributed by atoms with Crippen LogP contribution in [0.5, 0.6) is 0 Å². The molecule has 29 heavy (non-hydrogen) atoms. The van der Waals surface area contributed by atoms with E-state index in [1.807, 2.05) is 4.90 Å². The fourth-order valence-electron chi connectivity index (χ4n) is 3.67. The Bertz CT molecular complexity index is 895. The van der Waals surface area contributed by atoms with Gasteiger partial charge in [0.05, 0.1) is 48.4 Å². The number of rotatable bonds is 6. The first-order valence-corrected chi connectivity index (χ1v) is 9.54. The normalized spacial score (nSPS) is 17.4. The van der Waals surface area contributed by atoms with E-state index in [0.717, 1.165) is 4.90 Å². The Kier molecular flexibility index (Phi) is 5.46. The maximum absolute atomic E-state index is 14.5. The van der Waals surface area contributed by atoms with Gasteiger partial charge in [0.15, 0.2) is 0 Å².